The first-order valence-corrected chi connectivity index (χ1v) is 8.54. The molecule has 0 unspecified atom stereocenters. The summed E-state index contributed by atoms with van der Waals surface area (Å²) in [6, 6.07) is 0. The average Bonchev–Trinajstić information content (AvgIpc) is 2.25. The van der Waals surface area contributed by atoms with Gasteiger partial charge in [-0.15, -0.1) is 0 Å². The Bertz CT molecular complexity index is 198. The highest BCUT2D eigenvalue weighted by Gasteiger charge is 2.15. The molecule has 0 aliphatic carbocycles. The van der Waals surface area contributed by atoms with Crippen molar-refractivity contribution in [3.8, 4) is 0 Å². The molecule has 3 nitrogen and oxygen atoms in total. The van der Waals surface area contributed by atoms with Crippen LogP contribution in [0.15, 0.2) is 0 Å². The fourth-order valence-electron chi connectivity index (χ4n) is 1.27. The first kappa shape index (κ1) is 15.5. The van der Waals surface area contributed by atoms with Gasteiger partial charge in [0, 0.05) is 12.7 Å². The molecular formula is C10H24NO2PS. The highest BCUT2D eigenvalue weighted by molar-refractivity contribution is 8.09. The molecule has 0 fully saturated rings. The summed E-state index contributed by atoms with van der Waals surface area (Å²) in [5.74, 6) is 0. The van der Waals surface area contributed by atoms with Crippen LogP contribution in [-0.4, -0.2) is 43.9 Å². The standard InChI is InChI=1S/C10H24NO2PS/c1-5-11(6-2)9-10-13-14(15,8-4)12-7-3/h5-10H2,1-4H3/t14-/m0/s1. The molecule has 0 aromatic heterocycles. The van der Waals surface area contributed by atoms with Gasteiger partial charge < -0.3 is 13.9 Å². The zero-order chi connectivity index (χ0) is 11.7. The van der Waals surface area contributed by atoms with Gasteiger partial charge in [0.1, 0.15) is 0 Å². The molecule has 15 heavy (non-hydrogen) atoms. The molecule has 0 saturated carbocycles. The number of likely N-dealkylation sites (N-methyl/N-ethyl adjacent to an activating group) is 1. The molecule has 0 aromatic carbocycles. The Labute approximate surface area is 99.3 Å². The zero-order valence-corrected chi connectivity index (χ0v) is 12.1. The lowest BCUT2D eigenvalue weighted by molar-refractivity contribution is 0.205. The van der Waals surface area contributed by atoms with E-state index in [9.17, 15) is 0 Å². The van der Waals surface area contributed by atoms with Gasteiger partial charge in [0.15, 0.2) is 6.49 Å². The minimum absolute atomic E-state index is 0.649. The van der Waals surface area contributed by atoms with E-state index in [1.165, 1.54) is 0 Å². The fourth-order valence-corrected chi connectivity index (χ4v) is 3.00. The minimum atomic E-state index is -1.97. The molecule has 0 aromatic rings. The summed E-state index contributed by atoms with van der Waals surface area (Å²) in [6.07, 6.45) is 0.814. The van der Waals surface area contributed by atoms with Gasteiger partial charge in [0.25, 0.3) is 0 Å². The van der Waals surface area contributed by atoms with Crippen LogP contribution in [0.5, 0.6) is 0 Å². The third kappa shape index (κ3) is 6.64. The maximum atomic E-state index is 5.72. The van der Waals surface area contributed by atoms with Crippen molar-refractivity contribution in [1.29, 1.82) is 0 Å². The Morgan fingerprint density at radius 1 is 1.07 bits per heavy atom. The van der Waals surface area contributed by atoms with Crippen LogP contribution in [0.1, 0.15) is 27.7 Å². The molecule has 92 valence electrons. The SMILES string of the molecule is CCO[P@@](=S)(CC)OCCN(CC)CC. The number of rotatable bonds is 9. The summed E-state index contributed by atoms with van der Waals surface area (Å²) in [7, 11) is 0. The molecule has 0 aliphatic heterocycles. The number of hydrogen-bond acceptors (Lipinski definition) is 4. The Kier molecular flexibility index (Phi) is 8.96. The monoisotopic (exact) mass is 253 g/mol. The molecular weight excluding hydrogens is 229 g/mol. The van der Waals surface area contributed by atoms with Crippen molar-refractivity contribution in [1.82, 2.24) is 4.90 Å². The van der Waals surface area contributed by atoms with Crippen LogP contribution in [0.3, 0.4) is 0 Å². The molecule has 0 aliphatic rings. The summed E-state index contributed by atoms with van der Waals surface area (Å²) in [5.41, 5.74) is 0. The normalized spacial score (nSPS) is 15.5. The Morgan fingerprint density at radius 3 is 2.07 bits per heavy atom. The van der Waals surface area contributed by atoms with Crippen molar-refractivity contribution in [2.75, 3.05) is 39.0 Å². The third-order valence-electron chi connectivity index (χ3n) is 2.30. The molecule has 5 heteroatoms. The predicted molar refractivity (Wildman–Crippen MR) is 70.2 cm³/mol. The van der Waals surface area contributed by atoms with Gasteiger partial charge in [0.2, 0.25) is 0 Å². The van der Waals surface area contributed by atoms with Crippen molar-refractivity contribution < 1.29 is 9.05 Å². The van der Waals surface area contributed by atoms with Gasteiger partial charge in [0.05, 0.1) is 13.2 Å². The van der Waals surface area contributed by atoms with Gasteiger partial charge >= 0.3 is 0 Å². The lowest BCUT2D eigenvalue weighted by Gasteiger charge is -2.23. The van der Waals surface area contributed by atoms with Crippen molar-refractivity contribution in [2.24, 2.45) is 0 Å². The predicted octanol–water partition coefficient (Wildman–Crippen LogP) is 2.71. The lowest BCUT2D eigenvalue weighted by Crippen LogP contribution is -2.26. The Hall–Kier alpha value is 0.530. The minimum Gasteiger partial charge on any atom is -0.330 e. The highest BCUT2D eigenvalue weighted by Crippen LogP contribution is 2.47. The van der Waals surface area contributed by atoms with Crippen molar-refractivity contribution in [3.63, 3.8) is 0 Å². The van der Waals surface area contributed by atoms with E-state index in [0.29, 0.717) is 13.2 Å². The van der Waals surface area contributed by atoms with E-state index in [-0.39, 0.29) is 0 Å². The van der Waals surface area contributed by atoms with Crippen LogP contribution in [0.4, 0.5) is 0 Å². The highest BCUT2D eigenvalue weighted by atomic mass is 32.5. The summed E-state index contributed by atoms with van der Waals surface area (Å²) in [4.78, 5) is 2.32. The van der Waals surface area contributed by atoms with E-state index >= 15 is 0 Å². The molecule has 1 atom stereocenters. The molecule has 0 N–H and O–H groups in total. The van der Waals surface area contributed by atoms with Gasteiger partial charge in [-0.25, -0.2) is 0 Å². The van der Waals surface area contributed by atoms with Crippen LogP contribution in [0.25, 0.3) is 0 Å². The quantitative estimate of drug-likeness (QED) is 0.589. The van der Waals surface area contributed by atoms with Crippen molar-refractivity contribution >= 4 is 18.3 Å². The van der Waals surface area contributed by atoms with E-state index in [4.69, 9.17) is 20.9 Å². The van der Waals surface area contributed by atoms with Gasteiger partial charge in [-0.3, -0.25) is 0 Å². The first-order chi connectivity index (χ1) is 7.11. The molecule has 0 rings (SSSR count). The molecule has 0 saturated heterocycles. The summed E-state index contributed by atoms with van der Waals surface area (Å²) >= 11 is 5.37. The zero-order valence-electron chi connectivity index (χ0n) is 10.4. The van der Waals surface area contributed by atoms with Crippen molar-refractivity contribution in [2.45, 2.75) is 27.7 Å². The first-order valence-electron chi connectivity index (χ1n) is 5.72. The fraction of sp³-hybridized carbons (Fsp3) is 1.00. The summed E-state index contributed by atoms with van der Waals surface area (Å²) in [5, 5.41) is 0. The molecule has 0 heterocycles. The van der Waals surface area contributed by atoms with E-state index < -0.39 is 6.49 Å². The maximum absolute atomic E-state index is 5.72. The molecule has 0 radical (unpaired) electrons. The van der Waals surface area contributed by atoms with E-state index in [2.05, 4.69) is 18.7 Å². The average molecular weight is 253 g/mol. The second-order valence-electron chi connectivity index (χ2n) is 3.21. The van der Waals surface area contributed by atoms with E-state index in [0.717, 1.165) is 25.8 Å². The summed E-state index contributed by atoms with van der Waals surface area (Å²) < 4.78 is 11.2. The Balaban J connectivity index is 3.85. The van der Waals surface area contributed by atoms with Crippen LogP contribution < -0.4 is 0 Å². The van der Waals surface area contributed by atoms with E-state index in [1.54, 1.807) is 0 Å². The Morgan fingerprint density at radius 2 is 1.67 bits per heavy atom. The third-order valence-corrected chi connectivity index (χ3v) is 5.71. The van der Waals surface area contributed by atoms with E-state index in [1.807, 2.05) is 13.8 Å². The van der Waals surface area contributed by atoms with Gasteiger partial charge in [-0.1, -0.05) is 20.8 Å². The van der Waals surface area contributed by atoms with Crippen LogP contribution in [-0.2, 0) is 20.9 Å². The van der Waals surface area contributed by atoms with Gasteiger partial charge in [-0.05, 0) is 31.8 Å². The van der Waals surface area contributed by atoms with Crippen LogP contribution in [0, 0.1) is 0 Å². The molecule has 0 amide bonds. The maximum Gasteiger partial charge on any atom is 0.188 e. The molecule has 0 spiro atoms. The van der Waals surface area contributed by atoms with Crippen LogP contribution in [0.2, 0.25) is 0 Å². The topological polar surface area (TPSA) is 21.7 Å². The number of hydrogen-bond donors (Lipinski definition) is 0. The van der Waals surface area contributed by atoms with Crippen LogP contribution >= 0.6 is 6.49 Å². The second-order valence-corrected chi connectivity index (χ2v) is 7.24. The summed E-state index contributed by atoms with van der Waals surface area (Å²) in [6.45, 7) is 10.7. The largest absolute Gasteiger partial charge is 0.330 e. The smallest absolute Gasteiger partial charge is 0.188 e. The second kappa shape index (κ2) is 8.66. The number of nitrogens with zero attached hydrogens (tertiary/aromatic N) is 1. The molecule has 0 bridgehead atoms. The van der Waals surface area contributed by atoms with Gasteiger partial charge in [-0.2, -0.15) is 0 Å². The lowest BCUT2D eigenvalue weighted by atomic mass is 10.5. The van der Waals surface area contributed by atoms with Crippen molar-refractivity contribution in [3.05, 3.63) is 0 Å².